The van der Waals surface area contributed by atoms with Crippen LogP contribution in [0.5, 0.6) is 0 Å². The molecule has 4 nitrogen and oxygen atoms in total. The first kappa shape index (κ1) is 14.1. The second-order valence-corrected chi connectivity index (χ2v) is 6.75. The summed E-state index contributed by atoms with van der Waals surface area (Å²) in [6.45, 7) is 5.11. The van der Waals surface area contributed by atoms with E-state index < -0.39 is 0 Å². The Kier molecular flexibility index (Phi) is 4.41. The average molecular weight is 277 g/mol. The van der Waals surface area contributed by atoms with E-state index in [2.05, 4.69) is 16.5 Å². The zero-order valence-electron chi connectivity index (χ0n) is 12.5. The van der Waals surface area contributed by atoms with Gasteiger partial charge in [0.15, 0.2) is 0 Å². The van der Waals surface area contributed by atoms with E-state index >= 15 is 0 Å². The minimum Gasteiger partial charge on any atom is -0.381 e. The van der Waals surface area contributed by atoms with Gasteiger partial charge in [0.05, 0.1) is 24.7 Å². The fraction of sp³-hybridized carbons (Fsp3) is 0.812. The average Bonchev–Trinajstić information content (AvgIpc) is 3.12. The van der Waals surface area contributed by atoms with E-state index in [1.54, 1.807) is 0 Å². The maximum Gasteiger partial charge on any atom is 0.0948 e. The Bertz CT molecular complexity index is 417. The highest BCUT2D eigenvalue weighted by molar-refractivity contribution is 5.07. The van der Waals surface area contributed by atoms with Gasteiger partial charge in [-0.05, 0) is 31.1 Å². The summed E-state index contributed by atoms with van der Waals surface area (Å²) in [7, 11) is 0. The predicted molar refractivity (Wildman–Crippen MR) is 79.2 cm³/mol. The van der Waals surface area contributed by atoms with Gasteiger partial charge in [0.1, 0.15) is 0 Å². The van der Waals surface area contributed by atoms with Crippen LogP contribution >= 0.6 is 0 Å². The molecule has 4 heteroatoms. The van der Waals surface area contributed by atoms with E-state index in [9.17, 15) is 0 Å². The third-order valence-electron chi connectivity index (χ3n) is 5.15. The highest BCUT2D eigenvalue weighted by Crippen LogP contribution is 2.31. The molecule has 2 fully saturated rings. The first-order valence-electron chi connectivity index (χ1n) is 8.07. The summed E-state index contributed by atoms with van der Waals surface area (Å²) >= 11 is 0. The molecule has 2 heterocycles. The minimum absolute atomic E-state index is 0.0718. The van der Waals surface area contributed by atoms with Crippen LogP contribution in [-0.4, -0.2) is 22.8 Å². The van der Waals surface area contributed by atoms with Gasteiger partial charge >= 0.3 is 0 Å². The number of aromatic nitrogens is 2. The highest BCUT2D eigenvalue weighted by atomic mass is 16.5. The quantitative estimate of drug-likeness (QED) is 0.920. The molecule has 2 atom stereocenters. The van der Waals surface area contributed by atoms with Crippen molar-refractivity contribution >= 4 is 0 Å². The summed E-state index contributed by atoms with van der Waals surface area (Å²) in [5.41, 5.74) is 7.63. The largest absolute Gasteiger partial charge is 0.381 e. The number of nitrogens with zero attached hydrogens (tertiary/aromatic N) is 2. The van der Waals surface area contributed by atoms with Crippen molar-refractivity contribution in [2.24, 2.45) is 23.5 Å². The highest BCUT2D eigenvalue weighted by Gasteiger charge is 2.27. The normalized spacial score (nSPS) is 32.4. The molecule has 0 aromatic carbocycles. The van der Waals surface area contributed by atoms with Crippen molar-refractivity contribution in [1.29, 1.82) is 0 Å². The summed E-state index contributed by atoms with van der Waals surface area (Å²) in [5.74, 6) is 2.16. The molecule has 2 N–H and O–H groups in total. The molecule has 112 valence electrons. The molecule has 1 aromatic rings. The van der Waals surface area contributed by atoms with E-state index in [0.29, 0.717) is 5.92 Å². The van der Waals surface area contributed by atoms with Crippen LogP contribution < -0.4 is 5.73 Å². The maximum absolute atomic E-state index is 6.43. The predicted octanol–water partition coefficient (Wildman–Crippen LogP) is 2.75. The minimum atomic E-state index is 0.0718. The van der Waals surface area contributed by atoms with Crippen molar-refractivity contribution in [1.82, 2.24) is 9.55 Å². The van der Waals surface area contributed by atoms with Gasteiger partial charge in [-0.2, -0.15) is 0 Å². The molecule has 0 spiro atoms. The zero-order chi connectivity index (χ0) is 13.9. The molecular weight excluding hydrogens is 250 g/mol. The summed E-state index contributed by atoms with van der Waals surface area (Å²) in [6, 6.07) is 0.0718. The third kappa shape index (κ3) is 3.07. The van der Waals surface area contributed by atoms with E-state index in [0.717, 1.165) is 38.0 Å². The molecule has 20 heavy (non-hydrogen) atoms. The fourth-order valence-corrected chi connectivity index (χ4v) is 3.63. The van der Waals surface area contributed by atoms with Gasteiger partial charge in [0.2, 0.25) is 0 Å². The van der Waals surface area contributed by atoms with Crippen LogP contribution in [0.25, 0.3) is 0 Å². The molecule has 2 aliphatic rings. The van der Waals surface area contributed by atoms with Crippen LogP contribution in [0.15, 0.2) is 12.5 Å². The summed E-state index contributed by atoms with van der Waals surface area (Å²) in [5, 5.41) is 0. The van der Waals surface area contributed by atoms with Crippen molar-refractivity contribution in [3.8, 4) is 0 Å². The second-order valence-electron chi connectivity index (χ2n) is 6.75. The molecule has 1 aliphatic carbocycles. The van der Waals surface area contributed by atoms with Gasteiger partial charge in [-0.15, -0.1) is 0 Å². The van der Waals surface area contributed by atoms with Crippen LogP contribution in [0.3, 0.4) is 0 Å². The maximum atomic E-state index is 6.43. The van der Waals surface area contributed by atoms with Gasteiger partial charge in [-0.1, -0.05) is 19.8 Å². The first-order chi connectivity index (χ1) is 9.74. The van der Waals surface area contributed by atoms with E-state index in [4.69, 9.17) is 10.5 Å². The monoisotopic (exact) mass is 277 g/mol. The smallest absolute Gasteiger partial charge is 0.0948 e. The standard InChI is InChI=1S/C16H27N3O/c1-12-2-4-13(5-3-12)9-19-11-18-8-15(19)16(17)14-6-7-20-10-14/h8,11-14,16H,2-7,9-10,17H2,1H3. The van der Waals surface area contributed by atoms with Crippen molar-refractivity contribution in [2.45, 2.75) is 51.6 Å². The Morgan fingerprint density at radius 1 is 1.35 bits per heavy atom. The van der Waals surface area contributed by atoms with E-state index in [-0.39, 0.29) is 6.04 Å². The van der Waals surface area contributed by atoms with Crippen LogP contribution in [0.4, 0.5) is 0 Å². The topological polar surface area (TPSA) is 53.1 Å². The second kappa shape index (κ2) is 6.27. The van der Waals surface area contributed by atoms with Gasteiger partial charge in [-0.3, -0.25) is 0 Å². The molecule has 1 saturated carbocycles. The Morgan fingerprint density at radius 3 is 2.85 bits per heavy atom. The fourth-order valence-electron chi connectivity index (χ4n) is 3.63. The Morgan fingerprint density at radius 2 is 2.15 bits per heavy atom. The Balaban J connectivity index is 1.64. The molecule has 1 aromatic heterocycles. The third-order valence-corrected chi connectivity index (χ3v) is 5.15. The zero-order valence-corrected chi connectivity index (χ0v) is 12.5. The lowest BCUT2D eigenvalue weighted by atomic mass is 9.83. The molecule has 0 bridgehead atoms. The van der Waals surface area contributed by atoms with Crippen LogP contribution in [0, 0.1) is 17.8 Å². The summed E-state index contributed by atoms with van der Waals surface area (Å²) < 4.78 is 7.76. The molecule has 1 aliphatic heterocycles. The number of nitrogens with two attached hydrogens (primary N) is 1. The number of imidazole rings is 1. The van der Waals surface area contributed by atoms with Gasteiger partial charge in [-0.25, -0.2) is 4.98 Å². The van der Waals surface area contributed by atoms with Gasteiger partial charge in [0.25, 0.3) is 0 Å². The molecule has 3 rings (SSSR count). The molecule has 2 unspecified atom stereocenters. The number of ether oxygens (including phenoxy) is 1. The van der Waals surface area contributed by atoms with Gasteiger partial charge in [0, 0.05) is 25.3 Å². The molecule has 1 saturated heterocycles. The van der Waals surface area contributed by atoms with Crippen LogP contribution in [0.2, 0.25) is 0 Å². The first-order valence-corrected chi connectivity index (χ1v) is 8.07. The van der Waals surface area contributed by atoms with Crippen molar-refractivity contribution in [3.63, 3.8) is 0 Å². The summed E-state index contributed by atoms with van der Waals surface area (Å²) in [4.78, 5) is 4.34. The lowest BCUT2D eigenvalue weighted by molar-refractivity contribution is 0.179. The van der Waals surface area contributed by atoms with Crippen molar-refractivity contribution < 1.29 is 4.74 Å². The Labute approximate surface area is 121 Å². The number of rotatable bonds is 4. The van der Waals surface area contributed by atoms with E-state index in [1.165, 1.54) is 31.4 Å². The lowest BCUT2D eigenvalue weighted by Gasteiger charge is -2.28. The van der Waals surface area contributed by atoms with E-state index in [1.807, 2.05) is 12.5 Å². The molecule has 0 amide bonds. The number of hydrogen-bond donors (Lipinski definition) is 1. The van der Waals surface area contributed by atoms with Crippen LogP contribution in [-0.2, 0) is 11.3 Å². The molecule has 0 radical (unpaired) electrons. The van der Waals surface area contributed by atoms with Crippen molar-refractivity contribution in [3.05, 3.63) is 18.2 Å². The SMILES string of the molecule is CC1CCC(Cn2cncc2C(N)C2CCOC2)CC1. The van der Waals surface area contributed by atoms with Crippen LogP contribution in [0.1, 0.15) is 50.8 Å². The Hall–Kier alpha value is -0.870. The lowest BCUT2D eigenvalue weighted by Crippen LogP contribution is -2.26. The van der Waals surface area contributed by atoms with Crippen molar-refractivity contribution in [2.75, 3.05) is 13.2 Å². The van der Waals surface area contributed by atoms with Gasteiger partial charge < -0.3 is 15.0 Å². The molecular formula is C16H27N3O. The summed E-state index contributed by atoms with van der Waals surface area (Å²) in [6.07, 6.45) is 10.4. The number of hydrogen-bond acceptors (Lipinski definition) is 3.